The summed E-state index contributed by atoms with van der Waals surface area (Å²) in [6.45, 7) is 3.06. The molecule has 8 nitrogen and oxygen atoms in total. The van der Waals surface area contributed by atoms with Crippen molar-refractivity contribution in [1.82, 2.24) is 15.1 Å². The predicted octanol–water partition coefficient (Wildman–Crippen LogP) is -1.53. The number of nitrogens with zero attached hydrogens (tertiary/aromatic N) is 2. The summed E-state index contributed by atoms with van der Waals surface area (Å²) in [5.41, 5.74) is 0. The number of amides is 2. The Morgan fingerprint density at radius 1 is 1.30 bits per heavy atom. The van der Waals surface area contributed by atoms with Crippen LogP contribution < -0.4 is 5.32 Å². The maximum Gasteiger partial charge on any atom is 0.234 e. The first-order valence-corrected chi connectivity index (χ1v) is 9.72. The third-order valence-electron chi connectivity index (χ3n) is 4.08. The van der Waals surface area contributed by atoms with Crippen molar-refractivity contribution in [3.05, 3.63) is 0 Å². The fourth-order valence-electron chi connectivity index (χ4n) is 2.76. The van der Waals surface area contributed by atoms with Crippen LogP contribution in [-0.2, 0) is 24.2 Å². The Morgan fingerprint density at radius 2 is 2.00 bits per heavy atom. The second-order valence-corrected chi connectivity index (χ2v) is 8.38. The molecule has 132 valence electrons. The Kier molecular flexibility index (Phi) is 6.37. The maximum atomic E-state index is 12.0. The average Bonchev–Trinajstić information content (AvgIpc) is 2.84. The van der Waals surface area contributed by atoms with Crippen molar-refractivity contribution in [3.8, 4) is 0 Å². The molecule has 2 rings (SSSR count). The number of morpholine rings is 1. The molecule has 9 heteroatoms. The highest BCUT2D eigenvalue weighted by Crippen LogP contribution is 2.11. The van der Waals surface area contributed by atoms with Crippen LogP contribution in [0, 0.1) is 0 Å². The van der Waals surface area contributed by atoms with Gasteiger partial charge in [-0.3, -0.25) is 14.5 Å². The topological polar surface area (TPSA) is 96.0 Å². The SMILES string of the molecule is CN(CCC(=O)N1CCOCC1)CC(=O)NC1CCS(=O)(=O)C1. The molecular formula is C14H25N3O5S. The van der Waals surface area contributed by atoms with E-state index in [1.165, 1.54) is 0 Å². The highest BCUT2D eigenvalue weighted by molar-refractivity contribution is 7.91. The average molecular weight is 347 g/mol. The minimum Gasteiger partial charge on any atom is -0.378 e. The lowest BCUT2D eigenvalue weighted by atomic mass is 10.2. The van der Waals surface area contributed by atoms with Gasteiger partial charge in [0.15, 0.2) is 9.84 Å². The Labute approximate surface area is 137 Å². The van der Waals surface area contributed by atoms with Gasteiger partial charge in [0.25, 0.3) is 0 Å². The quantitative estimate of drug-likeness (QED) is 0.626. The number of nitrogens with one attached hydrogen (secondary N) is 1. The van der Waals surface area contributed by atoms with E-state index in [1.54, 1.807) is 16.8 Å². The van der Waals surface area contributed by atoms with Gasteiger partial charge in [0, 0.05) is 32.1 Å². The van der Waals surface area contributed by atoms with Crippen LogP contribution >= 0.6 is 0 Å². The normalized spacial score (nSPS) is 23.9. The number of ether oxygens (including phenoxy) is 1. The third kappa shape index (κ3) is 6.08. The molecule has 2 fully saturated rings. The van der Waals surface area contributed by atoms with E-state index >= 15 is 0 Å². The Hall–Kier alpha value is -1.19. The molecule has 23 heavy (non-hydrogen) atoms. The molecule has 0 bridgehead atoms. The van der Waals surface area contributed by atoms with Gasteiger partial charge in [-0.2, -0.15) is 0 Å². The van der Waals surface area contributed by atoms with Crippen LogP contribution in [0.5, 0.6) is 0 Å². The molecule has 2 saturated heterocycles. The van der Waals surface area contributed by atoms with Gasteiger partial charge < -0.3 is 15.0 Å². The molecule has 0 aliphatic carbocycles. The van der Waals surface area contributed by atoms with E-state index in [0.717, 1.165) is 0 Å². The molecule has 2 aliphatic heterocycles. The first-order chi connectivity index (χ1) is 10.9. The largest absolute Gasteiger partial charge is 0.378 e. The van der Waals surface area contributed by atoms with E-state index < -0.39 is 9.84 Å². The number of carbonyl (C=O) groups is 2. The Bertz CT molecular complexity index is 531. The zero-order valence-corrected chi connectivity index (χ0v) is 14.3. The fourth-order valence-corrected chi connectivity index (χ4v) is 4.44. The molecule has 0 radical (unpaired) electrons. The predicted molar refractivity (Wildman–Crippen MR) is 84.7 cm³/mol. The van der Waals surface area contributed by atoms with E-state index in [9.17, 15) is 18.0 Å². The lowest BCUT2D eigenvalue weighted by Gasteiger charge is -2.27. The summed E-state index contributed by atoms with van der Waals surface area (Å²) in [5, 5.41) is 2.74. The summed E-state index contributed by atoms with van der Waals surface area (Å²) in [7, 11) is -1.22. The van der Waals surface area contributed by atoms with Gasteiger partial charge in [-0.25, -0.2) is 8.42 Å². The molecular weight excluding hydrogens is 322 g/mol. The first-order valence-electron chi connectivity index (χ1n) is 7.89. The third-order valence-corrected chi connectivity index (χ3v) is 5.85. The second kappa shape index (κ2) is 8.07. The molecule has 1 unspecified atom stereocenters. The molecule has 2 aliphatic rings. The molecule has 2 heterocycles. The molecule has 2 amide bonds. The van der Waals surface area contributed by atoms with Crippen LogP contribution in [0.3, 0.4) is 0 Å². The van der Waals surface area contributed by atoms with E-state index in [-0.39, 0.29) is 35.9 Å². The van der Waals surface area contributed by atoms with Gasteiger partial charge in [0.2, 0.25) is 11.8 Å². The van der Waals surface area contributed by atoms with Crippen molar-refractivity contribution < 1.29 is 22.7 Å². The van der Waals surface area contributed by atoms with Crippen LogP contribution in [-0.4, -0.2) is 94.0 Å². The summed E-state index contributed by atoms with van der Waals surface area (Å²) in [4.78, 5) is 27.5. The van der Waals surface area contributed by atoms with Crippen molar-refractivity contribution in [1.29, 1.82) is 0 Å². The van der Waals surface area contributed by atoms with E-state index in [1.807, 2.05) is 0 Å². The van der Waals surface area contributed by atoms with Crippen molar-refractivity contribution in [2.45, 2.75) is 18.9 Å². The lowest BCUT2D eigenvalue weighted by Crippen LogP contribution is -2.44. The molecule has 0 spiro atoms. The number of hydrogen-bond acceptors (Lipinski definition) is 6. The molecule has 0 aromatic heterocycles. The number of rotatable bonds is 6. The summed E-state index contributed by atoms with van der Waals surface area (Å²) >= 11 is 0. The fraction of sp³-hybridized carbons (Fsp3) is 0.857. The summed E-state index contributed by atoms with van der Waals surface area (Å²) < 4.78 is 27.9. The maximum absolute atomic E-state index is 12.0. The van der Waals surface area contributed by atoms with E-state index in [0.29, 0.717) is 45.7 Å². The van der Waals surface area contributed by atoms with Crippen molar-refractivity contribution in [2.24, 2.45) is 0 Å². The standard InChI is InChI=1S/C14H25N3O5S/c1-16(4-2-14(19)17-5-7-22-8-6-17)10-13(18)15-12-3-9-23(20,21)11-12/h12H,2-11H2,1H3,(H,15,18). The van der Waals surface area contributed by atoms with Crippen molar-refractivity contribution in [2.75, 3.05) is 57.9 Å². The number of carbonyl (C=O) groups excluding carboxylic acids is 2. The van der Waals surface area contributed by atoms with E-state index in [4.69, 9.17) is 4.74 Å². The van der Waals surface area contributed by atoms with Crippen LogP contribution in [0.25, 0.3) is 0 Å². The number of sulfone groups is 1. The molecule has 1 N–H and O–H groups in total. The minimum atomic E-state index is -2.99. The van der Waals surface area contributed by atoms with Crippen LogP contribution in [0.15, 0.2) is 0 Å². The zero-order chi connectivity index (χ0) is 16.9. The second-order valence-electron chi connectivity index (χ2n) is 6.15. The smallest absolute Gasteiger partial charge is 0.234 e. The monoisotopic (exact) mass is 347 g/mol. The van der Waals surface area contributed by atoms with Gasteiger partial charge in [0.05, 0.1) is 31.3 Å². The zero-order valence-electron chi connectivity index (χ0n) is 13.5. The molecule has 0 aromatic carbocycles. The number of hydrogen-bond donors (Lipinski definition) is 1. The Morgan fingerprint density at radius 3 is 2.61 bits per heavy atom. The van der Waals surface area contributed by atoms with Gasteiger partial charge in [-0.1, -0.05) is 0 Å². The highest BCUT2D eigenvalue weighted by Gasteiger charge is 2.29. The van der Waals surface area contributed by atoms with Crippen LogP contribution in [0.1, 0.15) is 12.8 Å². The highest BCUT2D eigenvalue weighted by atomic mass is 32.2. The van der Waals surface area contributed by atoms with Gasteiger partial charge >= 0.3 is 0 Å². The van der Waals surface area contributed by atoms with E-state index in [2.05, 4.69) is 5.32 Å². The van der Waals surface area contributed by atoms with Gasteiger partial charge in [0.1, 0.15) is 0 Å². The minimum absolute atomic E-state index is 0.0258. The summed E-state index contributed by atoms with van der Waals surface area (Å²) in [6, 6.07) is -0.282. The lowest BCUT2D eigenvalue weighted by molar-refractivity contribution is -0.136. The first kappa shape index (κ1) is 18.2. The Balaban J connectivity index is 1.64. The van der Waals surface area contributed by atoms with Crippen LogP contribution in [0.2, 0.25) is 0 Å². The van der Waals surface area contributed by atoms with Crippen LogP contribution in [0.4, 0.5) is 0 Å². The number of likely N-dealkylation sites (N-methyl/N-ethyl adjacent to an activating group) is 1. The molecule has 0 saturated carbocycles. The van der Waals surface area contributed by atoms with Crippen molar-refractivity contribution in [3.63, 3.8) is 0 Å². The summed E-state index contributed by atoms with van der Waals surface area (Å²) in [5.74, 6) is 0.0376. The molecule has 1 atom stereocenters. The van der Waals surface area contributed by atoms with Gasteiger partial charge in [-0.05, 0) is 13.5 Å². The van der Waals surface area contributed by atoms with Gasteiger partial charge in [-0.15, -0.1) is 0 Å². The summed E-state index contributed by atoms with van der Waals surface area (Å²) in [6.07, 6.45) is 0.842. The molecule has 0 aromatic rings. The van der Waals surface area contributed by atoms with Crippen molar-refractivity contribution >= 4 is 21.7 Å².